The maximum Gasteiger partial charge on any atom is 0.240 e. The van der Waals surface area contributed by atoms with Crippen molar-refractivity contribution >= 4 is 31.6 Å². The van der Waals surface area contributed by atoms with Gasteiger partial charge >= 0.3 is 0 Å². The molecule has 4 N–H and O–H groups in total. The summed E-state index contributed by atoms with van der Waals surface area (Å²) in [5.41, 5.74) is 5.56. The molecule has 0 fully saturated rings. The Hall–Kier alpha value is -1.64. The number of rotatable bonds is 3. The highest BCUT2D eigenvalue weighted by molar-refractivity contribution is 9.10. The van der Waals surface area contributed by atoms with E-state index in [-0.39, 0.29) is 22.1 Å². The first-order valence-corrected chi connectivity index (χ1v) is 7.66. The van der Waals surface area contributed by atoms with E-state index in [1.807, 2.05) is 0 Å². The van der Waals surface area contributed by atoms with Crippen molar-refractivity contribution in [2.45, 2.75) is 4.90 Å². The van der Waals surface area contributed by atoms with Crippen molar-refractivity contribution in [2.24, 2.45) is 5.14 Å². The monoisotopic (exact) mass is 360 g/mol. The minimum atomic E-state index is -3.88. The average Bonchev–Trinajstić information content (AvgIpc) is 2.25. The maximum absolute atomic E-state index is 13.2. The minimum absolute atomic E-state index is 0.0412. The molecule has 2 aromatic rings. The molecule has 0 amide bonds. The van der Waals surface area contributed by atoms with E-state index in [0.29, 0.717) is 4.47 Å². The molecule has 0 aromatic heterocycles. The Bertz CT molecular complexity index is 745. The fourth-order valence-corrected chi connectivity index (χ4v) is 2.66. The largest absolute Gasteiger partial charge is 0.457 e. The lowest BCUT2D eigenvalue weighted by atomic mass is 10.3. The van der Waals surface area contributed by atoms with Crippen LogP contribution in [0.25, 0.3) is 0 Å². The van der Waals surface area contributed by atoms with E-state index >= 15 is 0 Å². The van der Waals surface area contributed by atoms with Gasteiger partial charge < -0.3 is 10.5 Å². The van der Waals surface area contributed by atoms with Crippen LogP contribution in [-0.4, -0.2) is 8.42 Å². The fourth-order valence-electron chi connectivity index (χ4n) is 1.57. The van der Waals surface area contributed by atoms with Crippen LogP contribution in [0.4, 0.5) is 10.1 Å². The number of primary sulfonamides is 1. The van der Waals surface area contributed by atoms with Crippen molar-refractivity contribution in [3.63, 3.8) is 0 Å². The lowest BCUT2D eigenvalue weighted by Gasteiger charge is -2.09. The van der Waals surface area contributed by atoms with Crippen molar-refractivity contribution in [1.29, 1.82) is 0 Å². The summed E-state index contributed by atoms with van der Waals surface area (Å²) in [6.07, 6.45) is 0. The van der Waals surface area contributed by atoms with Crippen molar-refractivity contribution in [1.82, 2.24) is 0 Å². The van der Waals surface area contributed by atoms with E-state index in [1.54, 1.807) is 6.07 Å². The smallest absolute Gasteiger partial charge is 0.240 e. The van der Waals surface area contributed by atoms with Gasteiger partial charge in [-0.2, -0.15) is 0 Å². The Balaban J connectivity index is 2.33. The second-order valence-electron chi connectivity index (χ2n) is 3.95. The summed E-state index contributed by atoms with van der Waals surface area (Å²) >= 11 is 3.14. The molecule has 5 nitrogen and oxygen atoms in total. The summed E-state index contributed by atoms with van der Waals surface area (Å²) in [5.74, 6) is 0.0514. The molecular formula is C12H10BrFN2O3S. The van der Waals surface area contributed by atoms with Crippen LogP contribution in [0.3, 0.4) is 0 Å². The first-order valence-electron chi connectivity index (χ1n) is 5.32. The van der Waals surface area contributed by atoms with Gasteiger partial charge in [0.15, 0.2) is 0 Å². The standard InChI is InChI=1S/C12H10BrFN2O3S/c13-7-3-8(14)5-10(4-7)19-9-1-2-12(11(15)6-9)20(16,17)18/h1-6H,15H2,(H2,16,17,18). The number of nitrogens with two attached hydrogens (primary N) is 2. The van der Waals surface area contributed by atoms with Crippen molar-refractivity contribution in [3.05, 3.63) is 46.7 Å². The summed E-state index contributed by atoms with van der Waals surface area (Å²) in [5, 5.41) is 5.00. The van der Waals surface area contributed by atoms with E-state index in [1.165, 1.54) is 30.3 Å². The Labute approximate surface area is 123 Å². The third-order valence-corrected chi connectivity index (χ3v) is 3.80. The molecule has 0 bridgehead atoms. The van der Waals surface area contributed by atoms with Crippen LogP contribution in [-0.2, 0) is 10.0 Å². The molecule has 8 heteroatoms. The highest BCUT2D eigenvalue weighted by Gasteiger charge is 2.13. The number of halogens is 2. The number of benzene rings is 2. The lowest BCUT2D eigenvalue weighted by molar-refractivity contribution is 0.476. The molecule has 2 rings (SSSR count). The van der Waals surface area contributed by atoms with Gasteiger partial charge in [-0.1, -0.05) is 15.9 Å². The Morgan fingerprint density at radius 2 is 1.80 bits per heavy atom. The molecule has 0 aliphatic carbocycles. The third kappa shape index (κ3) is 3.47. The maximum atomic E-state index is 13.2. The summed E-state index contributed by atoms with van der Waals surface area (Å²) < 4.78 is 41.5. The molecule has 0 atom stereocenters. The van der Waals surface area contributed by atoms with Gasteiger partial charge in [-0.3, -0.25) is 0 Å². The van der Waals surface area contributed by atoms with E-state index in [0.717, 1.165) is 0 Å². The van der Waals surface area contributed by atoms with Gasteiger partial charge in [0.05, 0.1) is 5.69 Å². The second-order valence-corrected chi connectivity index (χ2v) is 6.40. The van der Waals surface area contributed by atoms with Crippen molar-refractivity contribution < 1.29 is 17.5 Å². The normalized spacial score (nSPS) is 11.3. The molecule has 0 spiro atoms. The SMILES string of the molecule is Nc1cc(Oc2cc(F)cc(Br)c2)ccc1S(N)(=O)=O. The van der Waals surface area contributed by atoms with E-state index in [2.05, 4.69) is 15.9 Å². The molecule has 0 aliphatic heterocycles. The molecule has 0 heterocycles. The van der Waals surface area contributed by atoms with Crippen LogP contribution >= 0.6 is 15.9 Å². The highest BCUT2D eigenvalue weighted by atomic mass is 79.9. The number of hydrogen-bond donors (Lipinski definition) is 2. The predicted octanol–water partition coefficient (Wildman–Crippen LogP) is 2.61. The van der Waals surface area contributed by atoms with Crippen molar-refractivity contribution in [2.75, 3.05) is 5.73 Å². The van der Waals surface area contributed by atoms with Crippen LogP contribution in [0, 0.1) is 5.82 Å². The summed E-state index contributed by atoms with van der Waals surface area (Å²) in [7, 11) is -3.88. The Kier molecular flexibility index (Phi) is 3.98. The van der Waals surface area contributed by atoms with Gasteiger partial charge in [-0.05, 0) is 24.3 Å². The zero-order valence-electron chi connectivity index (χ0n) is 10.0. The van der Waals surface area contributed by atoms with Crippen molar-refractivity contribution in [3.8, 4) is 11.5 Å². The summed E-state index contributed by atoms with van der Waals surface area (Å²) in [6.45, 7) is 0. The predicted molar refractivity (Wildman–Crippen MR) is 76.4 cm³/mol. The first-order chi connectivity index (χ1) is 9.25. The Morgan fingerprint density at radius 3 is 2.35 bits per heavy atom. The van der Waals surface area contributed by atoms with Gasteiger partial charge in [0.2, 0.25) is 10.0 Å². The van der Waals surface area contributed by atoms with Crippen LogP contribution < -0.4 is 15.6 Å². The van der Waals surface area contributed by atoms with E-state index < -0.39 is 15.8 Å². The van der Waals surface area contributed by atoms with Gasteiger partial charge in [0, 0.05) is 16.6 Å². The van der Waals surface area contributed by atoms with Crippen LogP contribution in [0.2, 0.25) is 0 Å². The van der Waals surface area contributed by atoms with Crippen LogP contribution in [0.5, 0.6) is 11.5 Å². The second kappa shape index (κ2) is 5.39. The zero-order chi connectivity index (χ0) is 14.9. The van der Waals surface area contributed by atoms with Gasteiger partial charge in [0.25, 0.3) is 0 Å². The topological polar surface area (TPSA) is 95.4 Å². The molecule has 20 heavy (non-hydrogen) atoms. The quantitative estimate of drug-likeness (QED) is 0.822. The lowest BCUT2D eigenvalue weighted by Crippen LogP contribution is -2.14. The van der Waals surface area contributed by atoms with E-state index in [4.69, 9.17) is 15.6 Å². The number of anilines is 1. The minimum Gasteiger partial charge on any atom is -0.457 e. The van der Waals surface area contributed by atoms with Crippen LogP contribution in [0.15, 0.2) is 45.8 Å². The molecule has 0 unspecified atom stereocenters. The summed E-state index contributed by atoms with van der Waals surface area (Å²) in [6, 6.07) is 7.95. The summed E-state index contributed by atoms with van der Waals surface area (Å²) in [4.78, 5) is -0.190. The zero-order valence-corrected chi connectivity index (χ0v) is 12.4. The highest BCUT2D eigenvalue weighted by Crippen LogP contribution is 2.29. The molecule has 106 valence electrons. The molecule has 0 aliphatic rings. The molecule has 2 aromatic carbocycles. The van der Waals surface area contributed by atoms with Gasteiger partial charge in [-0.15, -0.1) is 0 Å². The number of sulfonamides is 1. The average molecular weight is 361 g/mol. The molecule has 0 saturated heterocycles. The van der Waals surface area contributed by atoms with Gasteiger partial charge in [-0.25, -0.2) is 17.9 Å². The number of hydrogen-bond acceptors (Lipinski definition) is 4. The first kappa shape index (κ1) is 14.8. The molecule has 0 radical (unpaired) electrons. The van der Waals surface area contributed by atoms with Crippen LogP contribution in [0.1, 0.15) is 0 Å². The fraction of sp³-hybridized carbons (Fsp3) is 0. The molecule has 0 saturated carbocycles. The molecular weight excluding hydrogens is 351 g/mol. The third-order valence-electron chi connectivity index (χ3n) is 2.36. The van der Waals surface area contributed by atoms with Gasteiger partial charge in [0.1, 0.15) is 22.2 Å². The van der Waals surface area contributed by atoms with E-state index in [9.17, 15) is 12.8 Å². The number of ether oxygens (including phenoxy) is 1. The number of nitrogen functional groups attached to an aromatic ring is 1. The Morgan fingerprint density at radius 1 is 1.10 bits per heavy atom.